The number of urea groups is 1. The Morgan fingerprint density at radius 1 is 1.19 bits per heavy atom. The van der Waals surface area contributed by atoms with Crippen LogP contribution in [0.1, 0.15) is 42.0 Å². The molecule has 1 aliphatic carbocycles. The van der Waals surface area contributed by atoms with Gasteiger partial charge in [0.05, 0.1) is 13.2 Å². The second kappa shape index (κ2) is 9.18. The summed E-state index contributed by atoms with van der Waals surface area (Å²) in [5, 5.41) is 5.19. The number of ether oxygens (including phenoxy) is 2. The third kappa shape index (κ3) is 3.82. The highest BCUT2D eigenvalue weighted by Gasteiger charge is 2.58. The predicted octanol–water partition coefficient (Wildman–Crippen LogP) is 2.93. The summed E-state index contributed by atoms with van der Waals surface area (Å²) in [4.78, 5) is 54.0. The van der Waals surface area contributed by atoms with Gasteiger partial charge < -0.3 is 25.0 Å². The number of rotatable bonds is 5. The molecule has 0 radical (unpaired) electrons. The number of hydrogen-bond donors (Lipinski definition) is 2. The lowest BCUT2D eigenvalue weighted by Crippen LogP contribution is -2.44. The van der Waals surface area contributed by atoms with Crippen molar-refractivity contribution >= 4 is 29.6 Å². The number of aryl methyl sites for hydroxylation is 1. The van der Waals surface area contributed by atoms with Gasteiger partial charge in [-0.3, -0.25) is 9.59 Å². The Labute approximate surface area is 208 Å². The largest absolute Gasteiger partial charge is 0.496 e. The molecule has 2 aliphatic heterocycles. The summed E-state index contributed by atoms with van der Waals surface area (Å²) in [5.74, 6) is -0.139. The highest BCUT2D eigenvalue weighted by Crippen LogP contribution is 2.46. The molecule has 2 atom stereocenters. The average molecular weight is 493 g/mol. The van der Waals surface area contributed by atoms with E-state index >= 15 is 0 Å². The molecular weight excluding hydrogens is 464 g/mol. The number of fused-ring (bicyclic) bond motifs is 2. The number of benzene rings is 2. The minimum Gasteiger partial charge on any atom is -0.496 e. The number of methoxy groups -OCH3 is 1. The van der Waals surface area contributed by atoms with Crippen molar-refractivity contribution in [2.75, 3.05) is 32.6 Å². The number of imide groups is 1. The van der Waals surface area contributed by atoms with Gasteiger partial charge in [0.2, 0.25) is 11.5 Å². The van der Waals surface area contributed by atoms with Crippen molar-refractivity contribution in [3.05, 3.63) is 59.2 Å². The van der Waals surface area contributed by atoms with E-state index in [1.807, 2.05) is 24.3 Å². The lowest BCUT2D eigenvalue weighted by atomic mass is 9.94. The Kier molecular flexibility index (Phi) is 6.03. The average Bonchev–Trinajstić information content (AvgIpc) is 3.57. The van der Waals surface area contributed by atoms with Crippen molar-refractivity contribution in [1.29, 1.82) is 0 Å². The molecule has 2 N–H and O–H groups in total. The number of carbonyl (C=O) groups is 4. The SMILES string of the molecule is CNC(=O)Nc1ccc2c(c1)CC[C@@]21OC(=O)N(CC(=O)N2CCC[C@@H]2c2ccccc2OC)C1=O. The fourth-order valence-electron chi connectivity index (χ4n) is 5.48. The number of nitrogens with one attached hydrogen (secondary N) is 2. The Morgan fingerprint density at radius 2 is 2.00 bits per heavy atom. The van der Waals surface area contributed by atoms with Crippen LogP contribution >= 0.6 is 0 Å². The number of para-hydroxylation sites is 1. The monoisotopic (exact) mass is 492 g/mol. The van der Waals surface area contributed by atoms with Crippen LogP contribution < -0.4 is 15.4 Å². The summed E-state index contributed by atoms with van der Waals surface area (Å²) >= 11 is 0. The maximum absolute atomic E-state index is 13.5. The van der Waals surface area contributed by atoms with Gasteiger partial charge in [0, 0.05) is 36.8 Å². The zero-order valence-corrected chi connectivity index (χ0v) is 20.2. The Hall–Kier alpha value is -4.08. The Balaban J connectivity index is 1.34. The van der Waals surface area contributed by atoms with Gasteiger partial charge in [-0.05, 0) is 43.0 Å². The van der Waals surface area contributed by atoms with Crippen molar-refractivity contribution < 1.29 is 28.7 Å². The molecule has 2 heterocycles. The van der Waals surface area contributed by atoms with Gasteiger partial charge in [-0.2, -0.15) is 0 Å². The lowest BCUT2D eigenvalue weighted by molar-refractivity contribution is -0.142. The predicted molar refractivity (Wildman–Crippen MR) is 129 cm³/mol. The van der Waals surface area contributed by atoms with Crippen LogP contribution in [0.3, 0.4) is 0 Å². The normalized spacial score (nSPS) is 22.6. The van der Waals surface area contributed by atoms with Crippen LogP contribution in [0.15, 0.2) is 42.5 Å². The van der Waals surface area contributed by atoms with E-state index in [9.17, 15) is 19.2 Å². The molecule has 188 valence electrons. The quantitative estimate of drug-likeness (QED) is 0.663. The molecule has 10 nitrogen and oxygen atoms in total. The summed E-state index contributed by atoms with van der Waals surface area (Å²) in [6.07, 6.45) is 1.56. The third-order valence-corrected chi connectivity index (χ3v) is 7.21. The second-order valence-corrected chi connectivity index (χ2v) is 9.15. The second-order valence-electron chi connectivity index (χ2n) is 9.15. The highest BCUT2D eigenvalue weighted by atomic mass is 16.6. The van der Waals surface area contributed by atoms with Gasteiger partial charge in [0.1, 0.15) is 12.3 Å². The lowest BCUT2D eigenvalue weighted by Gasteiger charge is -2.27. The van der Waals surface area contributed by atoms with Crippen LogP contribution in [-0.2, 0) is 26.3 Å². The van der Waals surface area contributed by atoms with Crippen molar-refractivity contribution in [3.8, 4) is 5.75 Å². The minimum atomic E-state index is -1.44. The molecular formula is C26H28N4O6. The maximum atomic E-state index is 13.5. The van der Waals surface area contributed by atoms with Crippen LogP contribution in [0.2, 0.25) is 0 Å². The van der Waals surface area contributed by atoms with Crippen LogP contribution in [0.4, 0.5) is 15.3 Å². The molecule has 2 aromatic rings. The molecule has 2 saturated heterocycles. The number of hydrogen-bond acceptors (Lipinski definition) is 6. The molecule has 0 aromatic heterocycles. The molecule has 10 heteroatoms. The zero-order chi connectivity index (χ0) is 25.4. The first kappa shape index (κ1) is 23.7. The zero-order valence-electron chi connectivity index (χ0n) is 20.2. The van der Waals surface area contributed by atoms with E-state index in [-0.39, 0.29) is 30.9 Å². The topological polar surface area (TPSA) is 117 Å². The van der Waals surface area contributed by atoms with Crippen molar-refractivity contribution in [1.82, 2.24) is 15.1 Å². The molecule has 2 fully saturated rings. The van der Waals surface area contributed by atoms with E-state index in [0.29, 0.717) is 30.0 Å². The van der Waals surface area contributed by atoms with Crippen molar-refractivity contribution in [2.45, 2.75) is 37.3 Å². The van der Waals surface area contributed by atoms with Gasteiger partial charge in [0.25, 0.3) is 5.91 Å². The van der Waals surface area contributed by atoms with Gasteiger partial charge in [-0.15, -0.1) is 0 Å². The summed E-state index contributed by atoms with van der Waals surface area (Å²) < 4.78 is 11.1. The van der Waals surface area contributed by atoms with Crippen LogP contribution in [-0.4, -0.2) is 61.0 Å². The number of likely N-dealkylation sites (tertiary alicyclic amines) is 1. The third-order valence-electron chi connectivity index (χ3n) is 7.21. The first-order valence-electron chi connectivity index (χ1n) is 12.0. The number of anilines is 1. The molecule has 0 bridgehead atoms. The Morgan fingerprint density at radius 3 is 2.78 bits per heavy atom. The fourth-order valence-corrected chi connectivity index (χ4v) is 5.48. The molecule has 0 unspecified atom stereocenters. The van der Waals surface area contributed by atoms with Gasteiger partial charge in [0.15, 0.2) is 0 Å². The van der Waals surface area contributed by atoms with E-state index < -0.39 is 17.6 Å². The molecule has 1 spiro atoms. The van der Waals surface area contributed by atoms with E-state index in [4.69, 9.17) is 9.47 Å². The van der Waals surface area contributed by atoms with E-state index in [0.717, 1.165) is 28.9 Å². The van der Waals surface area contributed by atoms with E-state index in [1.54, 1.807) is 30.2 Å². The summed E-state index contributed by atoms with van der Waals surface area (Å²) in [6.45, 7) is 0.157. The summed E-state index contributed by atoms with van der Waals surface area (Å²) in [5.41, 5.74) is 1.44. The smallest absolute Gasteiger partial charge is 0.418 e. The van der Waals surface area contributed by atoms with Gasteiger partial charge in [-0.1, -0.05) is 24.3 Å². The first-order valence-corrected chi connectivity index (χ1v) is 12.0. The molecule has 3 aliphatic rings. The molecule has 5 rings (SSSR count). The number of amides is 5. The standard InChI is InChI=1S/C26H28N4O6/c1-27-24(33)28-17-9-10-19-16(14-17)11-12-26(19)23(32)30(25(34)36-26)15-22(31)29-13-5-7-20(29)18-6-3-4-8-21(18)35-2/h3-4,6,8-10,14,20H,5,7,11-13,15H2,1-2H3,(H2,27,28,33)/t20-,26-/m1/s1. The van der Waals surface area contributed by atoms with E-state index in [1.165, 1.54) is 7.05 Å². The maximum Gasteiger partial charge on any atom is 0.418 e. The molecule has 0 saturated carbocycles. The van der Waals surface area contributed by atoms with Crippen molar-refractivity contribution in [3.63, 3.8) is 0 Å². The van der Waals surface area contributed by atoms with Crippen LogP contribution in [0.5, 0.6) is 5.75 Å². The number of carbonyl (C=O) groups excluding carboxylic acids is 4. The van der Waals surface area contributed by atoms with Crippen molar-refractivity contribution in [2.24, 2.45) is 0 Å². The summed E-state index contributed by atoms with van der Waals surface area (Å²) in [6, 6.07) is 12.2. The highest BCUT2D eigenvalue weighted by molar-refractivity contribution is 6.06. The first-order chi connectivity index (χ1) is 17.4. The summed E-state index contributed by atoms with van der Waals surface area (Å²) in [7, 11) is 3.11. The number of nitrogens with zero attached hydrogens (tertiary/aromatic N) is 2. The molecule has 2 aromatic carbocycles. The minimum absolute atomic E-state index is 0.185. The molecule has 5 amide bonds. The van der Waals surface area contributed by atoms with Crippen LogP contribution in [0, 0.1) is 0 Å². The Bertz CT molecular complexity index is 1250. The van der Waals surface area contributed by atoms with Gasteiger partial charge in [-0.25, -0.2) is 14.5 Å². The molecule has 36 heavy (non-hydrogen) atoms. The van der Waals surface area contributed by atoms with Gasteiger partial charge >= 0.3 is 12.1 Å². The van der Waals surface area contributed by atoms with Crippen LogP contribution in [0.25, 0.3) is 0 Å². The van der Waals surface area contributed by atoms with E-state index in [2.05, 4.69) is 10.6 Å². The fraction of sp³-hybridized carbons (Fsp3) is 0.385.